The summed E-state index contributed by atoms with van der Waals surface area (Å²) in [6, 6.07) is 0.836. The Balaban J connectivity index is 1.78. The maximum atomic E-state index is 5.60. The van der Waals surface area contributed by atoms with Crippen LogP contribution in [0.25, 0.3) is 0 Å². The van der Waals surface area contributed by atoms with Crippen molar-refractivity contribution >= 4 is 0 Å². The first kappa shape index (κ1) is 10.4. The molecule has 2 aliphatic heterocycles. The minimum absolute atomic E-state index is 0.836. The molecule has 0 spiro atoms. The molecule has 2 saturated heterocycles. The monoisotopic (exact) mass is 197 g/mol. The molecule has 3 heteroatoms. The predicted octanol–water partition coefficient (Wildman–Crippen LogP) is 0.361. The van der Waals surface area contributed by atoms with Crippen molar-refractivity contribution in [2.75, 3.05) is 39.8 Å². The number of nitrogens with zero attached hydrogens (tertiary/aromatic N) is 2. The highest BCUT2D eigenvalue weighted by Gasteiger charge is 2.30. The second-order valence-electron chi connectivity index (χ2n) is 4.93. The summed E-state index contributed by atoms with van der Waals surface area (Å²) in [6.07, 6.45) is 3.96. The molecule has 14 heavy (non-hydrogen) atoms. The van der Waals surface area contributed by atoms with E-state index in [9.17, 15) is 0 Å². The van der Waals surface area contributed by atoms with E-state index >= 15 is 0 Å². The standard InChI is InChI=1S/C11H23N3/c1-13-6-4-11(9-13)14-7-3-10(8-14)2-5-12/h10-11H,2-9,12H2,1H3. The van der Waals surface area contributed by atoms with Gasteiger partial charge in [0.15, 0.2) is 0 Å². The van der Waals surface area contributed by atoms with E-state index in [4.69, 9.17) is 5.73 Å². The van der Waals surface area contributed by atoms with Crippen LogP contribution in [0, 0.1) is 5.92 Å². The van der Waals surface area contributed by atoms with Crippen LogP contribution in [-0.4, -0.2) is 55.6 Å². The van der Waals surface area contributed by atoms with Gasteiger partial charge >= 0.3 is 0 Å². The molecule has 2 N–H and O–H groups in total. The first-order valence-electron chi connectivity index (χ1n) is 5.92. The average Bonchev–Trinajstić information content (AvgIpc) is 2.74. The van der Waals surface area contributed by atoms with Crippen LogP contribution in [0.1, 0.15) is 19.3 Å². The quantitative estimate of drug-likeness (QED) is 0.709. The van der Waals surface area contributed by atoms with Crippen molar-refractivity contribution in [2.45, 2.75) is 25.3 Å². The van der Waals surface area contributed by atoms with Crippen LogP contribution in [0.2, 0.25) is 0 Å². The average molecular weight is 197 g/mol. The fourth-order valence-electron chi connectivity index (χ4n) is 2.88. The third-order valence-electron chi connectivity index (χ3n) is 3.78. The van der Waals surface area contributed by atoms with Gasteiger partial charge in [-0.05, 0) is 51.9 Å². The Kier molecular flexibility index (Phi) is 3.42. The van der Waals surface area contributed by atoms with E-state index in [1.807, 2.05) is 0 Å². The predicted molar refractivity (Wildman–Crippen MR) is 59.3 cm³/mol. The van der Waals surface area contributed by atoms with Crippen LogP contribution in [0.5, 0.6) is 0 Å². The number of likely N-dealkylation sites (N-methyl/N-ethyl adjacent to an activating group) is 1. The molecular formula is C11H23N3. The topological polar surface area (TPSA) is 32.5 Å². The zero-order chi connectivity index (χ0) is 9.97. The highest BCUT2D eigenvalue weighted by Crippen LogP contribution is 2.24. The van der Waals surface area contributed by atoms with Gasteiger partial charge in [0.2, 0.25) is 0 Å². The fourth-order valence-corrected chi connectivity index (χ4v) is 2.88. The third-order valence-corrected chi connectivity index (χ3v) is 3.78. The maximum absolute atomic E-state index is 5.60. The largest absolute Gasteiger partial charge is 0.330 e. The molecule has 2 heterocycles. The molecule has 3 nitrogen and oxygen atoms in total. The number of rotatable bonds is 3. The van der Waals surface area contributed by atoms with Gasteiger partial charge < -0.3 is 10.6 Å². The smallest absolute Gasteiger partial charge is 0.0235 e. The molecule has 2 atom stereocenters. The van der Waals surface area contributed by atoms with Crippen molar-refractivity contribution in [3.8, 4) is 0 Å². The highest BCUT2D eigenvalue weighted by atomic mass is 15.3. The summed E-state index contributed by atoms with van der Waals surface area (Å²) in [7, 11) is 2.23. The van der Waals surface area contributed by atoms with Crippen molar-refractivity contribution < 1.29 is 0 Å². The van der Waals surface area contributed by atoms with E-state index in [0.717, 1.165) is 18.5 Å². The van der Waals surface area contributed by atoms with E-state index in [2.05, 4.69) is 16.8 Å². The summed E-state index contributed by atoms with van der Waals surface area (Å²) >= 11 is 0. The minimum atomic E-state index is 0.836. The van der Waals surface area contributed by atoms with Gasteiger partial charge in [-0.15, -0.1) is 0 Å². The summed E-state index contributed by atoms with van der Waals surface area (Å²) in [5.74, 6) is 0.880. The SMILES string of the molecule is CN1CCC(N2CCC(CCN)C2)C1. The van der Waals surface area contributed by atoms with Crippen molar-refractivity contribution in [1.29, 1.82) is 0 Å². The molecule has 2 aliphatic rings. The lowest BCUT2D eigenvalue weighted by Gasteiger charge is -2.23. The minimum Gasteiger partial charge on any atom is -0.330 e. The van der Waals surface area contributed by atoms with Gasteiger partial charge in [-0.3, -0.25) is 4.90 Å². The summed E-state index contributed by atoms with van der Waals surface area (Å²) in [5, 5.41) is 0. The van der Waals surface area contributed by atoms with Gasteiger partial charge in [0, 0.05) is 19.1 Å². The first-order valence-corrected chi connectivity index (χ1v) is 5.92. The molecule has 0 aromatic carbocycles. The second-order valence-corrected chi connectivity index (χ2v) is 4.93. The van der Waals surface area contributed by atoms with Crippen molar-refractivity contribution in [3.63, 3.8) is 0 Å². The molecule has 2 fully saturated rings. The zero-order valence-electron chi connectivity index (χ0n) is 9.28. The van der Waals surface area contributed by atoms with E-state index < -0.39 is 0 Å². The Morgan fingerprint density at radius 1 is 1.21 bits per heavy atom. The van der Waals surface area contributed by atoms with E-state index in [1.54, 1.807) is 0 Å². The molecule has 0 bridgehead atoms. The van der Waals surface area contributed by atoms with Crippen LogP contribution in [0.3, 0.4) is 0 Å². The van der Waals surface area contributed by atoms with Gasteiger partial charge in [0.05, 0.1) is 0 Å². The normalized spacial score (nSPS) is 35.6. The Labute approximate surface area is 87.2 Å². The molecule has 0 aliphatic carbocycles. The number of likely N-dealkylation sites (tertiary alicyclic amines) is 2. The Morgan fingerprint density at radius 3 is 2.71 bits per heavy atom. The number of hydrogen-bond donors (Lipinski definition) is 1. The molecule has 2 rings (SSSR count). The van der Waals surface area contributed by atoms with Gasteiger partial charge in [0.25, 0.3) is 0 Å². The number of hydrogen-bond acceptors (Lipinski definition) is 3. The van der Waals surface area contributed by atoms with Crippen molar-refractivity contribution in [2.24, 2.45) is 11.7 Å². The molecule has 0 saturated carbocycles. The molecule has 82 valence electrons. The lowest BCUT2D eigenvalue weighted by Crippen LogP contribution is -2.35. The molecule has 0 aromatic heterocycles. The Hall–Kier alpha value is -0.120. The summed E-state index contributed by atoms with van der Waals surface area (Å²) in [5.41, 5.74) is 5.60. The van der Waals surface area contributed by atoms with E-state index in [0.29, 0.717) is 0 Å². The molecule has 0 radical (unpaired) electrons. The molecule has 0 amide bonds. The summed E-state index contributed by atoms with van der Waals surface area (Å²) in [4.78, 5) is 5.13. The van der Waals surface area contributed by atoms with Gasteiger partial charge in [-0.2, -0.15) is 0 Å². The summed E-state index contributed by atoms with van der Waals surface area (Å²) < 4.78 is 0. The molecule has 0 aromatic rings. The first-order chi connectivity index (χ1) is 6.79. The second kappa shape index (κ2) is 4.60. The van der Waals surface area contributed by atoms with Crippen LogP contribution in [-0.2, 0) is 0 Å². The zero-order valence-corrected chi connectivity index (χ0v) is 9.28. The third kappa shape index (κ3) is 2.27. The maximum Gasteiger partial charge on any atom is 0.0235 e. The van der Waals surface area contributed by atoms with Crippen LogP contribution in [0.4, 0.5) is 0 Å². The fraction of sp³-hybridized carbons (Fsp3) is 1.00. The number of nitrogens with two attached hydrogens (primary N) is 1. The van der Waals surface area contributed by atoms with Crippen LogP contribution >= 0.6 is 0 Å². The van der Waals surface area contributed by atoms with Crippen LogP contribution < -0.4 is 5.73 Å². The Bertz CT molecular complexity index is 183. The summed E-state index contributed by atoms with van der Waals surface area (Å²) in [6.45, 7) is 6.03. The Morgan fingerprint density at radius 2 is 2.07 bits per heavy atom. The molecule has 2 unspecified atom stereocenters. The van der Waals surface area contributed by atoms with Crippen LogP contribution in [0.15, 0.2) is 0 Å². The lowest BCUT2D eigenvalue weighted by atomic mass is 10.1. The van der Waals surface area contributed by atoms with Gasteiger partial charge in [0.1, 0.15) is 0 Å². The molecular weight excluding hydrogens is 174 g/mol. The van der Waals surface area contributed by atoms with Crippen molar-refractivity contribution in [3.05, 3.63) is 0 Å². The van der Waals surface area contributed by atoms with E-state index in [1.165, 1.54) is 45.4 Å². The van der Waals surface area contributed by atoms with Gasteiger partial charge in [-0.25, -0.2) is 0 Å². The highest BCUT2D eigenvalue weighted by molar-refractivity contribution is 4.86. The van der Waals surface area contributed by atoms with E-state index in [-0.39, 0.29) is 0 Å². The van der Waals surface area contributed by atoms with Gasteiger partial charge in [-0.1, -0.05) is 0 Å². The lowest BCUT2D eigenvalue weighted by molar-refractivity contribution is 0.233. The van der Waals surface area contributed by atoms with Crippen molar-refractivity contribution in [1.82, 2.24) is 9.80 Å².